The Labute approximate surface area is 451 Å². The van der Waals surface area contributed by atoms with Crippen LogP contribution in [0.4, 0.5) is 5.82 Å². The zero-order valence-corrected chi connectivity index (χ0v) is 47.7. The molecule has 16 nitrogen and oxygen atoms in total. The lowest BCUT2D eigenvalue weighted by Crippen LogP contribution is -2.31. The standard InChI is InChI=1S/C29H33N7OSi.C20H24N6O2Si.C10H12/c1-20-33-26-15-23(16-30-28(26)36(20)19-37-13-14-38(2,3)4)24-9-10-25-27(34-24)29(32-18-31-25)35-12-11-21-7-5-6-8-22(21)17-35;1-13-24-17-9-14(15-5-6-16-18(25-15)20(27)23-11-22-16)10-21-19(17)26(13)12-28-7-8-29(2,3)4;1-2-6-10-8-4-3-7-9(10)5-1/h5-10,15-16,18H,11-14,17,19H2,1-4H3;5-6,9-11H,7-8,12H2,1-4H3,(H,22,23,27);1-2,5-6H,3-4,7-8H2. The lowest BCUT2D eigenvalue weighted by Gasteiger charge is -2.30. The highest BCUT2D eigenvalue weighted by atomic mass is 28.3. The molecule has 0 unspecified atom stereocenters. The summed E-state index contributed by atoms with van der Waals surface area (Å²) in [6.45, 7) is 22.2. The molecule has 1 aliphatic heterocycles. The average molecular weight is 1060 g/mol. The van der Waals surface area contributed by atoms with Crippen LogP contribution < -0.4 is 10.5 Å². The Morgan fingerprint density at radius 3 is 1.61 bits per heavy atom. The van der Waals surface area contributed by atoms with Gasteiger partial charge in [-0.3, -0.25) is 13.9 Å². The number of nitrogens with zero attached hydrogens (tertiary/aromatic N) is 12. The van der Waals surface area contributed by atoms with Gasteiger partial charge in [0.05, 0.1) is 28.7 Å². The summed E-state index contributed by atoms with van der Waals surface area (Å²) in [5.41, 5.74) is 14.6. The van der Waals surface area contributed by atoms with Crippen LogP contribution in [-0.4, -0.2) is 94.9 Å². The number of aryl methyl sites for hydroxylation is 4. The number of ether oxygens (including phenoxy) is 2. The summed E-state index contributed by atoms with van der Waals surface area (Å²) < 4.78 is 15.9. The van der Waals surface area contributed by atoms with Crippen LogP contribution in [0.3, 0.4) is 0 Å². The van der Waals surface area contributed by atoms with Gasteiger partial charge in [-0.15, -0.1) is 0 Å². The summed E-state index contributed by atoms with van der Waals surface area (Å²) in [5.74, 6) is 2.62. The minimum atomic E-state index is -1.13. The Hall–Kier alpha value is -7.39. The fourth-order valence-corrected chi connectivity index (χ4v) is 11.2. The van der Waals surface area contributed by atoms with E-state index in [0.717, 1.165) is 112 Å². The molecule has 18 heteroatoms. The first kappa shape index (κ1) is 53.0. The molecule has 0 spiro atoms. The minimum absolute atomic E-state index is 0.263. The van der Waals surface area contributed by atoms with Gasteiger partial charge in [-0.1, -0.05) is 87.8 Å². The quantitative estimate of drug-likeness (QED) is 0.0852. The summed E-state index contributed by atoms with van der Waals surface area (Å²) >= 11 is 0. The number of aromatic nitrogens is 12. The topological polar surface area (TPSA) is 180 Å². The van der Waals surface area contributed by atoms with Crippen LogP contribution in [0.2, 0.25) is 51.4 Å². The van der Waals surface area contributed by atoms with Crippen LogP contribution in [-0.2, 0) is 48.7 Å². The van der Waals surface area contributed by atoms with Crippen molar-refractivity contribution in [1.82, 2.24) is 59.0 Å². The molecule has 0 amide bonds. The van der Waals surface area contributed by atoms with Crippen molar-refractivity contribution in [3.63, 3.8) is 0 Å². The summed E-state index contributed by atoms with van der Waals surface area (Å²) in [5, 5.41) is 0. The molecule has 0 saturated carbocycles. The van der Waals surface area contributed by atoms with Crippen molar-refractivity contribution >= 4 is 66.4 Å². The third-order valence-corrected chi connectivity index (χ3v) is 17.6. The van der Waals surface area contributed by atoms with Crippen molar-refractivity contribution in [2.24, 2.45) is 0 Å². The van der Waals surface area contributed by atoms with Gasteiger partial charge in [0.25, 0.3) is 5.56 Å². The zero-order valence-electron chi connectivity index (χ0n) is 45.7. The second-order valence-electron chi connectivity index (χ2n) is 22.5. The zero-order chi connectivity index (χ0) is 53.7. The summed E-state index contributed by atoms with van der Waals surface area (Å²) in [6.07, 6.45) is 13.0. The fourth-order valence-electron chi connectivity index (χ4n) is 9.69. The van der Waals surface area contributed by atoms with Crippen molar-refractivity contribution in [1.29, 1.82) is 0 Å². The SMILES string of the molecule is Cc1nc2cc(-c3ccc4nc[nH]c(=O)c4n3)cnc2n1COCC[Si](C)(C)C.Cc1nc2cc(-c3ccc4ncnc(N5CCc6ccccc6C5)c4n3)cnc2n1COCC[Si](C)(C)C.c1ccc2c(c1)CCCC2. The lowest BCUT2D eigenvalue weighted by molar-refractivity contribution is 0.0880. The highest BCUT2D eigenvalue weighted by Gasteiger charge is 2.22. The smallest absolute Gasteiger partial charge is 0.277 e. The van der Waals surface area contributed by atoms with Crippen molar-refractivity contribution in [3.8, 4) is 22.5 Å². The van der Waals surface area contributed by atoms with E-state index in [-0.39, 0.29) is 5.56 Å². The van der Waals surface area contributed by atoms with Crippen molar-refractivity contribution in [3.05, 3.63) is 154 Å². The van der Waals surface area contributed by atoms with Crippen molar-refractivity contribution in [2.75, 3.05) is 24.7 Å². The normalized spacial score (nSPS) is 13.5. The molecule has 8 aromatic heterocycles. The van der Waals surface area contributed by atoms with Gasteiger partial charge in [-0.25, -0.2) is 44.9 Å². The molecule has 396 valence electrons. The first-order valence-corrected chi connectivity index (χ1v) is 34.2. The lowest BCUT2D eigenvalue weighted by atomic mass is 9.92. The van der Waals surface area contributed by atoms with Crippen LogP contribution >= 0.6 is 0 Å². The van der Waals surface area contributed by atoms with E-state index in [0.29, 0.717) is 30.2 Å². The number of benzene rings is 2. The molecule has 0 bridgehead atoms. The van der Waals surface area contributed by atoms with Crippen LogP contribution in [0, 0.1) is 13.8 Å². The predicted octanol–water partition coefficient (Wildman–Crippen LogP) is 11.5. The number of rotatable bonds is 13. The van der Waals surface area contributed by atoms with Crippen LogP contribution in [0.25, 0.3) is 66.9 Å². The van der Waals surface area contributed by atoms with Gasteiger partial charge >= 0.3 is 0 Å². The third-order valence-electron chi connectivity index (χ3n) is 14.2. The number of imidazole rings is 2. The van der Waals surface area contributed by atoms with Gasteiger partial charge in [0, 0.05) is 66.0 Å². The van der Waals surface area contributed by atoms with E-state index in [1.54, 1.807) is 29.7 Å². The van der Waals surface area contributed by atoms with Gasteiger partial charge in [-0.05, 0) is 117 Å². The third kappa shape index (κ3) is 12.7. The van der Waals surface area contributed by atoms with Gasteiger partial charge in [0.1, 0.15) is 48.0 Å². The largest absolute Gasteiger partial charge is 0.361 e. The maximum Gasteiger partial charge on any atom is 0.277 e. The predicted molar refractivity (Wildman–Crippen MR) is 312 cm³/mol. The molecule has 0 fully saturated rings. The second-order valence-corrected chi connectivity index (χ2v) is 33.7. The highest BCUT2D eigenvalue weighted by molar-refractivity contribution is 6.76. The Bertz CT molecular complexity index is 3740. The van der Waals surface area contributed by atoms with E-state index in [4.69, 9.17) is 24.4 Å². The Morgan fingerprint density at radius 1 is 0.558 bits per heavy atom. The molecule has 2 aliphatic rings. The Morgan fingerprint density at radius 2 is 1.06 bits per heavy atom. The van der Waals surface area contributed by atoms with Crippen molar-refractivity contribution in [2.45, 2.75) is 117 Å². The van der Waals surface area contributed by atoms with Crippen LogP contribution in [0.5, 0.6) is 0 Å². The number of fused-ring (bicyclic) bond motifs is 6. The van der Waals surface area contributed by atoms with E-state index in [2.05, 4.69) is 134 Å². The first-order valence-electron chi connectivity index (χ1n) is 26.8. The molecule has 1 aliphatic carbocycles. The Kier molecular flexibility index (Phi) is 15.9. The fraction of sp³-hybridized carbons (Fsp3) is 0.356. The Balaban J connectivity index is 0.000000151. The maximum absolute atomic E-state index is 12.0. The first-order chi connectivity index (χ1) is 37.1. The van der Waals surface area contributed by atoms with E-state index in [1.165, 1.54) is 43.1 Å². The number of anilines is 1. The minimum Gasteiger partial charge on any atom is -0.361 e. The molecule has 1 N–H and O–H groups in total. The molecule has 2 aromatic carbocycles. The molecule has 12 rings (SSSR count). The molecule has 77 heavy (non-hydrogen) atoms. The summed E-state index contributed by atoms with van der Waals surface area (Å²) in [6, 6.07) is 31.3. The van der Waals surface area contributed by atoms with E-state index in [1.807, 2.05) is 53.4 Å². The van der Waals surface area contributed by atoms with Gasteiger partial charge < -0.3 is 19.4 Å². The van der Waals surface area contributed by atoms with Gasteiger partial charge in [0.15, 0.2) is 22.6 Å². The maximum atomic E-state index is 12.0. The van der Waals surface area contributed by atoms with Crippen LogP contribution in [0.15, 0.2) is 115 Å². The molecule has 0 radical (unpaired) electrons. The monoisotopic (exact) mass is 1060 g/mol. The molecule has 10 aromatic rings. The number of hydrogen-bond acceptors (Lipinski definition) is 13. The molecular weight excluding hydrogens is 995 g/mol. The van der Waals surface area contributed by atoms with E-state index in [9.17, 15) is 4.79 Å². The number of nitrogens with one attached hydrogen (secondary N) is 1. The molecular formula is C59H69N13O3Si2. The number of aromatic amines is 1. The van der Waals surface area contributed by atoms with Gasteiger partial charge in [0.2, 0.25) is 0 Å². The molecule has 0 atom stereocenters. The van der Waals surface area contributed by atoms with E-state index < -0.39 is 16.1 Å². The summed E-state index contributed by atoms with van der Waals surface area (Å²) in [7, 11) is -2.24. The van der Waals surface area contributed by atoms with Gasteiger partial charge in [-0.2, -0.15) is 0 Å². The number of hydrogen-bond donors (Lipinski definition) is 1. The average Bonchev–Trinajstić information content (AvgIpc) is 3.94. The molecule has 0 saturated heterocycles. The van der Waals surface area contributed by atoms with Crippen molar-refractivity contribution < 1.29 is 9.47 Å². The highest BCUT2D eigenvalue weighted by Crippen LogP contribution is 2.31. The number of H-pyrrole nitrogens is 1. The number of pyridine rings is 4. The van der Waals surface area contributed by atoms with Crippen LogP contribution in [0.1, 0.15) is 46.7 Å². The second kappa shape index (κ2) is 23.1. The molecule has 9 heterocycles. The van der Waals surface area contributed by atoms with E-state index >= 15 is 0 Å². The summed E-state index contributed by atoms with van der Waals surface area (Å²) in [4.78, 5) is 58.4.